The van der Waals surface area contributed by atoms with Crippen LogP contribution < -0.4 is 10.1 Å². The molecule has 0 aliphatic carbocycles. The summed E-state index contributed by atoms with van der Waals surface area (Å²) < 4.78 is 12.5. The summed E-state index contributed by atoms with van der Waals surface area (Å²) in [4.78, 5) is 39.7. The quantitative estimate of drug-likeness (QED) is 0.491. The Balaban J connectivity index is 1.78. The molecule has 3 rings (SSSR count). The van der Waals surface area contributed by atoms with E-state index in [4.69, 9.17) is 9.47 Å². The van der Waals surface area contributed by atoms with Crippen LogP contribution in [0, 0.1) is 13.8 Å². The minimum absolute atomic E-state index is 0.262. The van der Waals surface area contributed by atoms with Gasteiger partial charge in [0.15, 0.2) is 5.78 Å². The molecule has 1 aliphatic rings. The maximum Gasteiger partial charge on any atom is 0.325 e. The van der Waals surface area contributed by atoms with E-state index < -0.39 is 17.5 Å². The van der Waals surface area contributed by atoms with Gasteiger partial charge in [0.25, 0.3) is 5.91 Å². The lowest BCUT2D eigenvalue weighted by atomic mass is 9.92. The molecular formula is C23H29N3O5. The zero-order valence-corrected chi connectivity index (χ0v) is 18.7. The van der Waals surface area contributed by atoms with Crippen molar-refractivity contribution in [3.05, 3.63) is 52.8 Å². The maximum absolute atomic E-state index is 13.1. The molecule has 2 heterocycles. The number of carbonyl (C=O) groups excluding carboxylic acids is 3. The van der Waals surface area contributed by atoms with E-state index in [1.165, 1.54) is 0 Å². The van der Waals surface area contributed by atoms with Crippen LogP contribution in [0.5, 0.6) is 5.75 Å². The van der Waals surface area contributed by atoms with E-state index in [1.807, 2.05) is 36.6 Å². The van der Waals surface area contributed by atoms with E-state index in [0.29, 0.717) is 24.5 Å². The van der Waals surface area contributed by atoms with Crippen LogP contribution in [-0.2, 0) is 22.5 Å². The van der Waals surface area contributed by atoms with Crippen molar-refractivity contribution >= 4 is 17.7 Å². The van der Waals surface area contributed by atoms with Gasteiger partial charge in [-0.05, 0) is 38.5 Å². The van der Waals surface area contributed by atoms with Gasteiger partial charge in [0.2, 0.25) is 0 Å². The van der Waals surface area contributed by atoms with Gasteiger partial charge in [-0.1, -0.05) is 18.2 Å². The number of aryl methyl sites for hydroxylation is 1. The van der Waals surface area contributed by atoms with Gasteiger partial charge in [-0.3, -0.25) is 14.5 Å². The van der Waals surface area contributed by atoms with Gasteiger partial charge in [0.1, 0.15) is 11.3 Å². The smallest absolute Gasteiger partial charge is 0.325 e. The van der Waals surface area contributed by atoms with Gasteiger partial charge in [0, 0.05) is 37.0 Å². The third-order valence-electron chi connectivity index (χ3n) is 5.78. The summed E-state index contributed by atoms with van der Waals surface area (Å²) in [7, 11) is 3.18. The Kier molecular flexibility index (Phi) is 6.50. The molecule has 1 aromatic heterocycles. The molecule has 0 spiro atoms. The van der Waals surface area contributed by atoms with Crippen LogP contribution in [0.4, 0.5) is 4.79 Å². The van der Waals surface area contributed by atoms with Crippen LogP contribution >= 0.6 is 0 Å². The number of para-hydroxylation sites is 1. The standard InChI is InChI=1S/C23H29N3O5/c1-15-12-18(16(2)25(15)10-11-30-4)19(27)14-26-21(28)23(3,24-22(26)29)13-17-8-6-7-9-20(17)31-5/h6-9,12H,10-11,13-14H2,1-5H3,(H,24,29)/t23-/m0/s1. The molecule has 2 aromatic rings. The number of Topliss-reactive ketones (excluding diaryl/α,β-unsaturated/α-hetero) is 1. The minimum Gasteiger partial charge on any atom is -0.496 e. The molecule has 1 saturated heterocycles. The Hall–Kier alpha value is -3.13. The molecule has 1 N–H and O–H groups in total. The number of ether oxygens (including phenoxy) is 2. The number of aromatic nitrogens is 1. The van der Waals surface area contributed by atoms with Crippen LogP contribution in [0.1, 0.15) is 34.2 Å². The average Bonchev–Trinajstić information content (AvgIpc) is 3.13. The molecule has 0 unspecified atom stereocenters. The number of rotatable bonds is 9. The van der Waals surface area contributed by atoms with Crippen molar-refractivity contribution in [3.63, 3.8) is 0 Å². The highest BCUT2D eigenvalue weighted by Gasteiger charge is 2.48. The molecular weight excluding hydrogens is 398 g/mol. The van der Waals surface area contributed by atoms with Crippen LogP contribution in [0.2, 0.25) is 0 Å². The molecule has 3 amide bonds. The van der Waals surface area contributed by atoms with Gasteiger partial charge < -0.3 is 19.4 Å². The van der Waals surface area contributed by atoms with Gasteiger partial charge in [0.05, 0.1) is 20.3 Å². The third-order valence-corrected chi connectivity index (χ3v) is 5.78. The number of benzene rings is 1. The summed E-state index contributed by atoms with van der Waals surface area (Å²) in [5.41, 5.74) is 1.88. The highest BCUT2D eigenvalue weighted by molar-refractivity contribution is 6.11. The van der Waals surface area contributed by atoms with Crippen molar-refractivity contribution in [1.29, 1.82) is 0 Å². The summed E-state index contributed by atoms with van der Waals surface area (Å²) >= 11 is 0. The molecule has 166 valence electrons. The molecule has 1 fully saturated rings. The predicted molar refractivity (Wildman–Crippen MR) is 115 cm³/mol. The van der Waals surface area contributed by atoms with Crippen LogP contribution in [0.15, 0.2) is 30.3 Å². The monoisotopic (exact) mass is 427 g/mol. The minimum atomic E-state index is -1.15. The molecule has 0 radical (unpaired) electrons. The molecule has 1 atom stereocenters. The van der Waals surface area contributed by atoms with E-state index in [9.17, 15) is 14.4 Å². The molecule has 1 aliphatic heterocycles. The number of amides is 3. The number of methoxy groups -OCH3 is 2. The van der Waals surface area contributed by atoms with Crippen LogP contribution in [0.25, 0.3) is 0 Å². The third kappa shape index (κ3) is 4.34. The van der Waals surface area contributed by atoms with Crippen molar-refractivity contribution in [3.8, 4) is 5.75 Å². The van der Waals surface area contributed by atoms with E-state index in [-0.39, 0.29) is 18.7 Å². The first-order valence-electron chi connectivity index (χ1n) is 10.2. The summed E-state index contributed by atoms with van der Waals surface area (Å²) in [6, 6.07) is 8.58. The average molecular weight is 428 g/mol. The van der Waals surface area contributed by atoms with E-state index >= 15 is 0 Å². The molecule has 8 nitrogen and oxygen atoms in total. The summed E-state index contributed by atoms with van der Waals surface area (Å²) in [5.74, 6) is -0.0597. The highest BCUT2D eigenvalue weighted by atomic mass is 16.5. The number of imide groups is 1. The van der Waals surface area contributed by atoms with E-state index in [0.717, 1.165) is 21.9 Å². The normalized spacial score (nSPS) is 18.4. The summed E-state index contributed by atoms with van der Waals surface area (Å²) in [5, 5.41) is 2.75. The first-order chi connectivity index (χ1) is 14.7. The van der Waals surface area contributed by atoms with E-state index in [2.05, 4.69) is 5.32 Å². The SMILES string of the molecule is COCCn1c(C)cc(C(=O)CN2C(=O)N[C@@](C)(Cc3ccccc3OC)C2=O)c1C. The molecule has 1 aromatic carbocycles. The Bertz CT molecular complexity index is 1010. The number of hydrogen-bond donors (Lipinski definition) is 1. The maximum atomic E-state index is 13.1. The topological polar surface area (TPSA) is 89.9 Å². The second-order valence-electron chi connectivity index (χ2n) is 7.99. The molecule has 8 heteroatoms. The Morgan fingerprint density at radius 3 is 2.55 bits per heavy atom. The van der Waals surface area contributed by atoms with Crippen LogP contribution in [0.3, 0.4) is 0 Å². The Morgan fingerprint density at radius 1 is 1.16 bits per heavy atom. The van der Waals surface area contributed by atoms with Crippen LogP contribution in [-0.4, -0.2) is 60.1 Å². The number of hydrogen-bond acceptors (Lipinski definition) is 5. The fraction of sp³-hybridized carbons (Fsp3) is 0.435. The Morgan fingerprint density at radius 2 is 1.87 bits per heavy atom. The zero-order chi connectivity index (χ0) is 22.8. The Labute approximate surface area is 182 Å². The zero-order valence-electron chi connectivity index (χ0n) is 18.7. The van der Waals surface area contributed by atoms with Crippen molar-refractivity contribution < 1.29 is 23.9 Å². The second-order valence-corrected chi connectivity index (χ2v) is 7.99. The van der Waals surface area contributed by atoms with Gasteiger partial charge in [-0.25, -0.2) is 4.79 Å². The van der Waals surface area contributed by atoms with Gasteiger partial charge in [-0.2, -0.15) is 0 Å². The number of urea groups is 1. The lowest BCUT2D eigenvalue weighted by Crippen LogP contribution is -2.46. The lowest BCUT2D eigenvalue weighted by Gasteiger charge is -2.22. The fourth-order valence-electron chi connectivity index (χ4n) is 4.08. The van der Waals surface area contributed by atoms with Gasteiger partial charge >= 0.3 is 6.03 Å². The molecule has 0 saturated carbocycles. The van der Waals surface area contributed by atoms with Crippen molar-refractivity contribution in [2.75, 3.05) is 27.4 Å². The first kappa shape index (κ1) is 22.6. The van der Waals surface area contributed by atoms with Crippen molar-refractivity contribution in [2.24, 2.45) is 0 Å². The largest absolute Gasteiger partial charge is 0.496 e. The lowest BCUT2D eigenvalue weighted by molar-refractivity contribution is -0.130. The summed E-state index contributed by atoms with van der Waals surface area (Å²) in [6.45, 7) is 6.28. The van der Waals surface area contributed by atoms with Crippen molar-refractivity contribution in [2.45, 2.75) is 39.3 Å². The van der Waals surface area contributed by atoms with Crippen molar-refractivity contribution in [1.82, 2.24) is 14.8 Å². The summed E-state index contributed by atoms with van der Waals surface area (Å²) in [6.07, 6.45) is 0.262. The molecule has 31 heavy (non-hydrogen) atoms. The number of carbonyl (C=O) groups is 3. The first-order valence-corrected chi connectivity index (χ1v) is 10.2. The number of nitrogens with zero attached hydrogens (tertiary/aromatic N) is 2. The predicted octanol–water partition coefficient (Wildman–Crippen LogP) is 2.50. The van der Waals surface area contributed by atoms with Gasteiger partial charge in [-0.15, -0.1) is 0 Å². The highest BCUT2D eigenvalue weighted by Crippen LogP contribution is 2.28. The van der Waals surface area contributed by atoms with E-state index in [1.54, 1.807) is 33.3 Å². The number of nitrogens with one attached hydrogen (secondary N) is 1. The fourth-order valence-corrected chi connectivity index (χ4v) is 4.08. The number of ketones is 1. The second kappa shape index (κ2) is 8.93. The molecule has 0 bridgehead atoms.